The molecule has 6 nitrogen and oxygen atoms in total. The van der Waals surface area contributed by atoms with Gasteiger partial charge in [0.05, 0.1) is 24.8 Å². The van der Waals surface area contributed by atoms with Gasteiger partial charge in [0, 0.05) is 19.6 Å². The number of rotatable bonds is 8. The molecular formula is C19H25NO5. The summed E-state index contributed by atoms with van der Waals surface area (Å²) in [6, 6.07) is 6.61. The van der Waals surface area contributed by atoms with Crippen molar-refractivity contribution in [1.82, 2.24) is 4.90 Å². The largest absolute Gasteiger partial charge is 0.503 e. The average molecular weight is 347 g/mol. The third-order valence-electron chi connectivity index (χ3n) is 4.11. The van der Waals surface area contributed by atoms with Crippen molar-refractivity contribution < 1.29 is 24.2 Å². The molecule has 1 aliphatic rings. The molecule has 1 unspecified atom stereocenters. The van der Waals surface area contributed by atoms with Crippen molar-refractivity contribution in [2.75, 3.05) is 26.9 Å². The first-order valence-electron chi connectivity index (χ1n) is 8.42. The highest BCUT2D eigenvalue weighted by Gasteiger charge is 2.43. The standard InChI is InChI=1S/C19H25NO5/c1-5-25-14-8-6-7-13(11-14)16-15(17(21)12(2)3)18(22)19(23)20(16)9-10-24-4/h6-8,11-12,16,22H,5,9-10H2,1-4H3. The minimum Gasteiger partial charge on any atom is -0.503 e. The van der Waals surface area contributed by atoms with Crippen LogP contribution in [0.1, 0.15) is 32.4 Å². The van der Waals surface area contributed by atoms with Crippen molar-refractivity contribution in [1.29, 1.82) is 0 Å². The molecule has 1 atom stereocenters. The van der Waals surface area contributed by atoms with Crippen molar-refractivity contribution in [2.45, 2.75) is 26.8 Å². The molecule has 0 aromatic heterocycles. The summed E-state index contributed by atoms with van der Waals surface area (Å²) >= 11 is 0. The van der Waals surface area contributed by atoms with Gasteiger partial charge in [-0.2, -0.15) is 0 Å². The van der Waals surface area contributed by atoms with Crippen LogP contribution < -0.4 is 4.74 Å². The molecule has 0 saturated heterocycles. The predicted molar refractivity (Wildman–Crippen MR) is 93.4 cm³/mol. The number of carbonyl (C=O) groups is 2. The predicted octanol–water partition coefficient (Wildman–Crippen LogP) is 2.65. The Kier molecular flexibility index (Phi) is 6.20. The van der Waals surface area contributed by atoms with Gasteiger partial charge in [0.1, 0.15) is 5.75 Å². The number of carbonyl (C=O) groups excluding carboxylic acids is 2. The van der Waals surface area contributed by atoms with Gasteiger partial charge in [-0.1, -0.05) is 26.0 Å². The van der Waals surface area contributed by atoms with E-state index in [1.165, 1.54) is 4.90 Å². The van der Waals surface area contributed by atoms with Gasteiger partial charge in [-0.15, -0.1) is 0 Å². The van der Waals surface area contributed by atoms with Gasteiger partial charge >= 0.3 is 0 Å². The van der Waals surface area contributed by atoms with Crippen molar-refractivity contribution in [3.63, 3.8) is 0 Å². The topological polar surface area (TPSA) is 76.1 Å². The normalized spacial score (nSPS) is 17.6. The molecule has 0 aliphatic carbocycles. The molecule has 0 saturated carbocycles. The summed E-state index contributed by atoms with van der Waals surface area (Å²) in [5.41, 5.74) is 0.869. The van der Waals surface area contributed by atoms with E-state index in [4.69, 9.17) is 9.47 Å². The Labute approximate surface area is 148 Å². The van der Waals surface area contributed by atoms with Crippen molar-refractivity contribution in [2.24, 2.45) is 5.92 Å². The molecule has 0 fully saturated rings. The average Bonchev–Trinajstić information content (AvgIpc) is 2.84. The molecule has 1 amide bonds. The molecule has 1 aliphatic heterocycles. The number of methoxy groups -OCH3 is 1. The number of aliphatic hydroxyl groups excluding tert-OH is 1. The Morgan fingerprint density at radius 2 is 2.08 bits per heavy atom. The maximum absolute atomic E-state index is 12.7. The van der Waals surface area contributed by atoms with Gasteiger partial charge in [-0.3, -0.25) is 9.59 Å². The molecule has 1 heterocycles. The van der Waals surface area contributed by atoms with E-state index in [9.17, 15) is 14.7 Å². The first kappa shape index (κ1) is 19.0. The monoisotopic (exact) mass is 347 g/mol. The van der Waals surface area contributed by atoms with Crippen LogP contribution in [0.2, 0.25) is 0 Å². The van der Waals surface area contributed by atoms with Crippen LogP contribution >= 0.6 is 0 Å². The van der Waals surface area contributed by atoms with Gasteiger partial charge in [0.2, 0.25) is 0 Å². The molecule has 2 rings (SSSR count). The summed E-state index contributed by atoms with van der Waals surface area (Å²) < 4.78 is 10.6. The summed E-state index contributed by atoms with van der Waals surface area (Å²) in [6.45, 7) is 6.48. The second kappa shape index (κ2) is 8.16. The van der Waals surface area contributed by atoms with E-state index in [1.54, 1.807) is 27.0 Å². The highest BCUT2D eigenvalue weighted by atomic mass is 16.5. The van der Waals surface area contributed by atoms with Crippen LogP contribution in [0.5, 0.6) is 5.75 Å². The fourth-order valence-corrected chi connectivity index (χ4v) is 2.92. The van der Waals surface area contributed by atoms with Gasteiger partial charge in [-0.25, -0.2) is 0 Å². The fraction of sp³-hybridized carbons (Fsp3) is 0.474. The van der Waals surface area contributed by atoms with Crippen LogP contribution in [0, 0.1) is 5.92 Å². The van der Waals surface area contributed by atoms with Crippen LogP contribution in [-0.2, 0) is 14.3 Å². The van der Waals surface area contributed by atoms with Gasteiger partial charge in [0.25, 0.3) is 5.91 Å². The first-order valence-corrected chi connectivity index (χ1v) is 8.42. The highest BCUT2D eigenvalue weighted by Crippen LogP contribution is 2.39. The van der Waals surface area contributed by atoms with E-state index >= 15 is 0 Å². The third-order valence-corrected chi connectivity index (χ3v) is 4.11. The number of amides is 1. The van der Waals surface area contributed by atoms with E-state index in [-0.39, 0.29) is 23.8 Å². The van der Waals surface area contributed by atoms with E-state index in [1.807, 2.05) is 25.1 Å². The second-order valence-corrected chi connectivity index (χ2v) is 6.18. The number of benzene rings is 1. The molecule has 0 bridgehead atoms. The lowest BCUT2D eigenvalue weighted by atomic mass is 9.91. The SMILES string of the molecule is CCOc1cccc(C2C(C(=O)C(C)C)=C(O)C(=O)N2CCOC)c1. The summed E-state index contributed by atoms with van der Waals surface area (Å²) in [4.78, 5) is 26.6. The van der Waals surface area contributed by atoms with Crippen molar-refractivity contribution >= 4 is 11.7 Å². The van der Waals surface area contributed by atoms with Gasteiger partial charge in [0.15, 0.2) is 11.5 Å². The number of nitrogens with zero attached hydrogens (tertiary/aromatic N) is 1. The molecule has 0 radical (unpaired) electrons. The summed E-state index contributed by atoms with van der Waals surface area (Å²) in [6.07, 6.45) is 0. The zero-order valence-electron chi connectivity index (χ0n) is 15.1. The van der Waals surface area contributed by atoms with Crippen molar-refractivity contribution in [3.8, 4) is 5.75 Å². The quantitative estimate of drug-likeness (QED) is 0.782. The molecule has 136 valence electrons. The number of ketones is 1. The van der Waals surface area contributed by atoms with Crippen LogP contribution in [0.15, 0.2) is 35.6 Å². The Morgan fingerprint density at radius 3 is 2.68 bits per heavy atom. The highest BCUT2D eigenvalue weighted by molar-refractivity contribution is 6.09. The van der Waals surface area contributed by atoms with Gasteiger partial charge < -0.3 is 19.5 Å². The Morgan fingerprint density at radius 1 is 1.36 bits per heavy atom. The molecule has 6 heteroatoms. The van der Waals surface area contributed by atoms with E-state index in [0.717, 1.165) is 5.56 Å². The van der Waals surface area contributed by atoms with Crippen LogP contribution in [0.25, 0.3) is 0 Å². The van der Waals surface area contributed by atoms with Crippen LogP contribution in [-0.4, -0.2) is 48.6 Å². The maximum Gasteiger partial charge on any atom is 0.290 e. The summed E-state index contributed by atoms with van der Waals surface area (Å²) in [7, 11) is 1.54. The molecule has 25 heavy (non-hydrogen) atoms. The van der Waals surface area contributed by atoms with Crippen LogP contribution in [0.4, 0.5) is 0 Å². The number of Topliss-reactive ketones (excluding diaryl/α,β-unsaturated/α-hetero) is 1. The van der Waals surface area contributed by atoms with E-state index in [2.05, 4.69) is 0 Å². The zero-order valence-corrected chi connectivity index (χ0v) is 15.1. The Balaban J connectivity index is 2.51. The summed E-state index contributed by atoms with van der Waals surface area (Å²) in [5.74, 6) is -0.932. The maximum atomic E-state index is 12.7. The lowest BCUT2D eigenvalue weighted by Gasteiger charge is -2.27. The lowest BCUT2D eigenvalue weighted by Crippen LogP contribution is -2.34. The first-order chi connectivity index (χ1) is 11.9. The number of ether oxygens (including phenoxy) is 2. The molecule has 1 N–H and O–H groups in total. The van der Waals surface area contributed by atoms with Gasteiger partial charge in [-0.05, 0) is 24.6 Å². The third kappa shape index (κ3) is 3.85. The zero-order chi connectivity index (χ0) is 18.6. The summed E-state index contributed by atoms with van der Waals surface area (Å²) in [5, 5.41) is 10.3. The Hall–Kier alpha value is -2.34. The molecule has 1 aromatic rings. The van der Waals surface area contributed by atoms with Crippen LogP contribution in [0.3, 0.4) is 0 Å². The van der Waals surface area contributed by atoms with E-state index in [0.29, 0.717) is 19.0 Å². The second-order valence-electron chi connectivity index (χ2n) is 6.18. The molecular weight excluding hydrogens is 322 g/mol. The Bertz CT molecular complexity index is 680. The number of aliphatic hydroxyl groups is 1. The van der Waals surface area contributed by atoms with Crippen molar-refractivity contribution in [3.05, 3.63) is 41.2 Å². The molecule has 1 aromatic carbocycles. The smallest absolute Gasteiger partial charge is 0.290 e. The number of hydrogen-bond acceptors (Lipinski definition) is 5. The lowest BCUT2D eigenvalue weighted by molar-refractivity contribution is -0.130. The minimum atomic E-state index is -0.641. The minimum absolute atomic E-state index is 0.143. The fourth-order valence-electron chi connectivity index (χ4n) is 2.92. The van der Waals surface area contributed by atoms with E-state index < -0.39 is 17.7 Å². The number of hydrogen-bond donors (Lipinski definition) is 1. The molecule has 0 spiro atoms.